The fraction of sp³-hybridized carbons (Fsp3) is 0.125. The van der Waals surface area contributed by atoms with Gasteiger partial charge in [0.15, 0.2) is 0 Å². The van der Waals surface area contributed by atoms with Crippen LogP contribution in [0, 0.1) is 6.92 Å². The number of hydrogen-bond acceptors (Lipinski definition) is 4. The van der Waals surface area contributed by atoms with Gasteiger partial charge in [-0.3, -0.25) is 4.79 Å². The molecular formula is C16H13BrN2OS2. The number of benzene rings is 1. The number of anilines is 1. The third-order valence-corrected chi connectivity index (χ3v) is 6.20. The van der Waals surface area contributed by atoms with Crippen molar-refractivity contribution in [1.82, 2.24) is 4.98 Å². The first-order chi connectivity index (χ1) is 10.6. The second-order valence-corrected chi connectivity index (χ2v) is 7.64. The van der Waals surface area contributed by atoms with Gasteiger partial charge in [0.2, 0.25) is 0 Å². The van der Waals surface area contributed by atoms with Crippen molar-refractivity contribution in [1.29, 1.82) is 0 Å². The Morgan fingerprint density at radius 3 is 2.82 bits per heavy atom. The molecule has 0 radical (unpaired) electrons. The van der Waals surface area contributed by atoms with E-state index in [2.05, 4.69) is 20.9 Å². The van der Waals surface area contributed by atoms with Gasteiger partial charge >= 0.3 is 0 Å². The lowest BCUT2D eigenvalue weighted by Crippen LogP contribution is -2.25. The Morgan fingerprint density at radius 2 is 2.14 bits per heavy atom. The molecule has 3 nitrogen and oxygen atoms in total. The Balaban J connectivity index is 1.85. The fourth-order valence-electron chi connectivity index (χ4n) is 2.01. The number of thiophene rings is 1. The Kier molecular flexibility index (Phi) is 4.42. The van der Waals surface area contributed by atoms with E-state index in [1.807, 2.05) is 42.6 Å². The van der Waals surface area contributed by atoms with E-state index in [1.165, 1.54) is 11.3 Å². The van der Waals surface area contributed by atoms with Gasteiger partial charge in [0.25, 0.3) is 5.91 Å². The van der Waals surface area contributed by atoms with E-state index in [0.29, 0.717) is 4.88 Å². The van der Waals surface area contributed by atoms with E-state index < -0.39 is 0 Å². The van der Waals surface area contributed by atoms with E-state index >= 15 is 0 Å². The molecule has 0 unspecified atom stereocenters. The smallest absolute Gasteiger partial charge is 0.269 e. The van der Waals surface area contributed by atoms with Gasteiger partial charge in [0.05, 0.1) is 11.1 Å². The first-order valence-corrected chi connectivity index (χ1v) is 9.09. The van der Waals surface area contributed by atoms with Crippen molar-refractivity contribution in [3.63, 3.8) is 0 Å². The zero-order valence-corrected chi connectivity index (χ0v) is 15.3. The summed E-state index contributed by atoms with van der Waals surface area (Å²) in [4.78, 5) is 20.4. The predicted octanol–water partition coefficient (Wildman–Crippen LogP) is 5.22. The minimum Gasteiger partial charge on any atom is -0.311 e. The SMILES string of the molecule is Cc1cc(N(C)C(=O)c2cnc(-c3cccs3)s2)ccc1Br. The molecule has 1 amide bonds. The van der Waals surface area contributed by atoms with Crippen LogP contribution in [-0.4, -0.2) is 17.9 Å². The number of amides is 1. The number of hydrogen-bond donors (Lipinski definition) is 0. The molecule has 0 aliphatic carbocycles. The molecule has 6 heteroatoms. The lowest BCUT2D eigenvalue weighted by Gasteiger charge is -2.17. The average molecular weight is 393 g/mol. The van der Waals surface area contributed by atoms with Crippen LogP contribution in [0.1, 0.15) is 15.2 Å². The molecular weight excluding hydrogens is 380 g/mol. The molecule has 3 aromatic rings. The van der Waals surface area contributed by atoms with Gasteiger partial charge in [-0.05, 0) is 42.1 Å². The summed E-state index contributed by atoms with van der Waals surface area (Å²) in [5.74, 6) is -0.0398. The van der Waals surface area contributed by atoms with Crippen LogP contribution in [0.15, 0.2) is 46.4 Å². The third-order valence-electron chi connectivity index (χ3n) is 3.28. The second-order valence-electron chi connectivity index (χ2n) is 4.80. The van der Waals surface area contributed by atoms with Gasteiger partial charge in [0, 0.05) is 17.2 Å². The molecule has 0 atom stereocenters. The average Bonchev–Trinajstić information content (AvgIpc) is 3.19. The molecule has 1 aromatic carbocycles. The minimum atomic E-state index is -0.0398. The van der Waals surface area contributed by atoms with Crippen LogP contribution in [0.3, 0.4) is 0 Å². The number of aryl methyl sites for hydroxylation is 1. The van der Waals surface area contributed by atoms with Crippen molar-refractivity contribution >= 4 is 50.2 Å². The van der Waals surface area contributed by atoms with Crippen molar-refractivity contribution in [2.24, 2.45) is 0 Å². The molecule has 112 valence electrons. The number of nitrogens with zero attached hydrogens (tertiary/aromatic N) is 2. The van der Waals surface area contributed by atoms with Crippen LogP contribution in [0.4, 0.5) is 5.69 Å². The molecule has 0 aliphatic rings. The van der Waals surface area contributed by atoms with Gasteiger partial charge in [-0.2, -0.15) is 0 Å². The first kappa shape index (κ1) is 15.4. The maximum Gasteiger partial charge on any atom is 0.269 e. The van der Waals surface area contributed by atoms with E-state index in [9.17, 15) is 4.79 Å². The van der Waals surface area contributed by atoms with Crippen LogP contribution >= 0.6 is 38.6 Å². The predicted molar refractivity (Wildman–Crippen MR) is 97.0 cm³/mol. The van der Waals surface area contributed by atoms with Crippen LogP contribution in [0.25, 0.3) is 9.88 Å². The zero-order valence-electron chi connectivity index (χ0n) is 12.0. The molecule has 3 rings (SSSR count). The van der Waals surface area contributed by atoms with Crippen LogP contribution in [0.5, 0.6) is 0 Å². The van der Waals surface area contributed by atoms with Gasteiger partial charge in [-0.15, -0.1) is 22.7 Å². The van der Waals surface area contributed by atoms with E-state index in [1.54, 1.807) is 29.5 Å². The first-order valence-electron chi connectivity index (χ1n) is 6.60. The molecule has 0 fully saturated rings. The molecule has 0 N–H and O–H groups in total. The quantitative estimate of drug-likeness (QED) is 0.611. The summed E-state index contributed by atoms with van der Waals surface area (Å²) in [6, 6.07) is 9.87. The van der Waals surface area contributed by atoms with Crippen LogP contribution in [-0.2, 0) is 0 Å². The molecule has 0 spiro atoms. The maximum absolute atomic E-state index is 12.6. The Bertz CT molecular complexity index is 811. The molecule has 0 aliphatic heterocycles. The summed E-state index contributed by atoms with van der Waals surface area (Å²) < 4.78 is 1.04. The summed E-state index contributed by atoms with van der Waals surface area (Å²) in [7, 11) is 1.79. The van der Waals surface area contributed by atoms with Gasteiger partial charge in [0.1, 0.15) is 9.88 Å². The summed E-state index contributed by atoms with van der Waals surface area (Å²) >= 11 is 6.53. The minimum absolute atomic E-state index is 0.0398. The summed E-state index contributed by atoms with van der Waals surface area (Å²) in [5.41, 5.74) is 1.97. The van der Waals surface area contributed by atoms with Crippen molar-refractivity contribution in [3.05, 3.63) is 56.8 Å². The number of carbonyl (C=O) groups is 1. The highest BCUT2D eigenvalue weighted by molar-refractivity contribution is 9.10. The lowest BCUT2D eigenvalue weighted by atomic mass is 10.2. The lowest BCUT2D eigenvalue weighted by molar-refractivity contribution is 0.0996. The number of thiazole rings is 1. The number of carbonyl (C=O) groups excluding carboxylic acids is 1. The van der Waals surface area contributed by atoms with Gasteiger partial charge in [-0.25, -0.2) is 4.98 Å². The fourth-order valence-corrected chi connectivity index (χ4v) is 3.95. The van der Waals surface area contributed by atoms with Crippen molar-refractivity contribution in [3.8, 4) is 9.88 Å². The van der Waals surface area contributed by atoms with E-state index in [4.69, 9.17) is 0 Å². The number of aromatic nitrogens is 1. The van der Waals surface area contributed by atoms with Crippen molar-refractivity contribution in [2.45, 2.75) is 6.92 Å². The van der Waals surface area contributed by atoms with Crippen LogP contribution < -0.4 is 4.90 Å². The highest BCUT2D eigenvalue weighted by Crippen LogP contribution is 2.30. The Labute approximate surface area is 145 Å². The monoisotopic (exact) mass is 392 g/mol. The number of halogens is 1. The summed E-state index contributed by atoms with van der Waals surface area (Å²) in [6.07, 6.45) is 1.66. The molecule has 0 saturated heterocycles. The molecule has 2 heterocycles. The largest absolute Gasteiger partial charge is 0.311 e. The second kappa shape index (κ2) is 6.32. The van der Waals surface area contributed by atoms with E-state index in [-0.39, 0.29) is 5.91 Å². The van der Waals surface area contributed by atoms with Gasteiger partial charge in [-0.1, -0.05) is 22.0 Å². The molecule has 22 heavy (non-hydrogen) atoms. The third kappa shape index (κ3) is 2.99. The summed E-state index contributed by atoms with van der Waals surface area (Å²) in [6.45, 7) is 2.01. The molecule has 2 aromatic heterocycles. The molecule has 0 bridgehead atoms. The van der Waals surface area contributed by atoms with Crippen molar-refractivity contribution in [2.75, 3.05) is 11.9 Å². The maximum atomic E-state index is 12.6. The zero-order chi connectivity index (χ0) is 15.7. The Morgan fingerprint density at radius 1 is 1.32 bits per heavy atom. The van der Waals surface area contributed by atoms with Crippen molar-refractivity contribution < 1.29 is 4.79 Å². The van der Waals surface area contributed by atoms with Gasteiger partial charge < -0.3 is 4.90 Å². The standard InChI is InChI=1S/C16H13BrN2OS2/c1-10-8-11(5-6-12(10)17)19(2)16(20)14-9-18-15(22-14)13-4-3-7-21-13/h3-9H,1-2H3. The highest BCUT2D eigenvalue weighted by atomic mass is 79.9. The molecule has 0 saturated carbocycles. The summed E-state index contributed by atoms with van der Waals surface area (Å²) in [5, 5.41) is 2.90. The normalized spacial score (nSPS) is 10.7. The number of rotatable bonds is 3. The van der Waals surface area contributed by atoms with E-state index in [0.717, 1.165) is 25.6 Å². The Hall–Kier alpha value is -1.50. The topological polar surface area (TPSA) is 33.2 Å². The highest BCUT2D eigenvalue weighted by Gasteiger charge is 2.18. The van der Waals surface area contributed by atoms with Crippen LogP contribution in [0.2, 0.25) is 0 Å².